The van der Waals surface area contributed by atoms with Crippen molar-refractivity contribution >= 4 is 0 Å². The van der Waals surface area contributed by atoms with Crippen LogP contribution in [0.3, 0.4) is 0 Å². The fraction of sp³-hybridized carbons (Fsp3) is 0.471. The second-order valence-electron chi connectivity index (χ2n) is 6.04. The highest BCUT2D eigenvalue weighted by atomic mass is 15.1. The molecule has 1 unspecified atom stereocenters. The van der Waals surface area contributed by atoms with E-state index in [4.69, 9.17) is 5.73 Å². The molecule has 0 radical (unpaired) electrons. The van der Waals surface area contributed by atoms with Crippen molar-refractivity contribution in [3.05, 3.63) is 54.1 Å². The average molecular weight is 269 g/mol. The Morgan fingerprint density at radius 2 is 2.05 bits per heavy atom. The molecular formula is C17H23N3. The second kappa shape index (κ2) is 5.41. The lowest BCUT2D eigenvalue weighted by molar-refractivity contribution is 0.0989. The topological polar surface area (TPSA) is 43.8 Å². The van der Waals surface area contributed by atoms with Crippen LogP contribution in [0.4, 0.5) is 0 Å². The number of nitrogens with zero attached hydrogens (tertiary/aromatic N) is 2. The van der Waals surface area contributed by atoms with Crippen LogP contribution in [-0.2, 0) is 6.54 Å². The lowest BCUT2D eigenvalue weighted by Crippen LogP contribution is -2.34. The number of aromatic nitrogens is 2. The van der Waals surface area contributed by atoms with E-state index in [1.54, 1.807) is 0 Å². The summed E-state index contributed by atoms with van der Waals surface area (Å²) in [5.74, 6) is 0. The third kappa shape index (κ3) is 2.38. The highest BCUT2D eigenvalue weighted by molar-refractivity contribution is 5.26. The quantitative estimate of drug-likeness (QED) is 0.902. The Morgan fingerprint density at radius 1 is 1.30 bits per heavy atom. The van der Waals surface area contributed by atoms with Gasteiger partial charge in [0, 0.05) is 6.54 Å². The van der Waals surface area contributed by atoms with Gasteiger partial charge >= 0.3 is 0 Å². The molecule has 3 heteroatoms. The summed E-state index contributed by atoms with van der Waals surface area (Å²) in [4.78, 5) is 4.33. The van der Waals surface area contributed by atoms with Crippen molar-refractivity contribution in [2.45, 2.75) is 45.2 Å². The van der Waals surface area contributed by atoms with Gasteiger partial charge in [0.1, 0.15) is 0 Å². The van der Waals surface area contributed by atoms with Gasteiger partial charge in [0.25, 0.3) is 0 Å². The van der Waals surface area contributed by atoms with Crippen LogP contribution in [0.25, 0.3) is 0 Å². The zero-order valence-electron chi connectivity index (χ0n) is 12.1. The van der Waals surface area contributed by atoms with Crippen LogP contribution in [0, 0.1) is 5.41 Å². The van der Waals surface area contributed by atoms with E-state index < -0.39 is 0 Å². The van der Waals surface area contributed by atoms with Crippen molar-refractivity contribution in [2.75, 3.05) is 0 Å². The molecule has 1 fully saturated rings. The van der Waals surface area contributed by atoms with Gasteiger partial charge in [0.2, 0.25) is 0 Å². The van der Waals surface area contributed by atoms with Crippen LogP contribution in [0.1, 0.15) is 49.9 Å². The summed E-state index contributed by atoms with van der Waals surface area (Å²) in [7, 11) is 0. The van der Waals surface area contributed by atoms with Crippen molar-refractivity contribution in [1.82, 2.24) is 9.55 Å². The first-order chi connectivity index (χ1) is 9.74. The highest BCUT2D eigenvalue weighted by Crippen LogP contribution is 2.45. The van der Waals surface area contributed by atoms with Gasteiger partial charge in [-0.25, -0.2) is 4.98 Å². The molecule has 0 amide bonds. The van der Waals surface area contributed by atoms with Crippen molar-refractivity contribution < 1.29 is 0 Å². The summed E-state index contributed by atoms with van der Waals surface area (Å²) < 4.78 is 2.26. The molecule has 1 atom stereocenters. The maximum Gasteiger partial charge on any atom is 0.0948 e. The molecule has 20 heavy (non-hydrogen) atoms. The fourth-order valence-electron chi connectivity index (χ4n) is 3.21. The van der Waals surface area contributed by atoms with Gasteiger partial charge in [0.15, 0.2) is 0 Å². The Balaban J connectivity index is 1.83. The molecule has 3 nitrogen and oxygen atoms in total. The van der Waals surface area contributed by atoms with Crippen molar-refractivity contribution in [1.29, 1.82) is 0 Å². The zero-order chi connectivity index (χ0) is 14.0. The standard InChI is InChI=1S/C17H23N3/c1-2-17(9-6-10-17)12-20-13-19-11-15(20)16(18)14-7-4-3-5-8-14/h3-5,7-8,11,13,16H,2,6,9-10,12,18H2,1H3. The molecule has 106 valence electrons. The summed E-state index contributed by atoms with van der Waals surface area (Å²) in [6, 6.07) is 10.2. The van der Waals surface area contributed by atoms with E-state index in [-0.39, 0.29) is 6.04 Å². The zero-order valence-corrected chi connectivity index (χ0v) is 12.1. The Morgan fingerprint density at radius 3 is 2.65 bits per heavy atom. The summed E-state index contributed by atoms with van der Waals surface area (Å²) >= 11 is 0. The predicted octanol–water partition coefficient (Wildman–Crippen LogP) is 3.51. The van der Waals surface area contributed by atoms with Gasteiger partial charge < -0.3 is 10.3 Å². The Labute approximate surface area is 120 Å². The molecule has 1 saturated carbocycles. The third-order valence-corrected chi connectivity index (χ3v) is 4.89. The van der Waals surface area contributed by atoms with Gasteiger partial charge in [-0.1, -0.05) is 43.7 Å². The number of hydrogen-bond acceptors (Lipinski definition) is 2. The summed E-state index contributed by atoms with van der Waals surface area (Å²) in [6.07, 6.45) is 9.13. The molecule has 2 N–H and O–H groups in total. The van der Waals surface area contributed by atoms with Crippen LogP contribution in [0.15, 0.2) is 42.9 Å². The van der Waals surface area contributed by atoms with Crippen LogP contribution >= 0.6 is 0 Å². The SMILES string of the molecule is CCC1(Cn2cncc2C(N)c2ccccc2)CCC1. The number of benzene rings is 1. The van der Waals surface area contributed by atoms with E-state index >= 15 is 0 Å². The summed E-state index contributed by atoms with van der Waals surface area (Å²) in [6.45, 7) is 3.35. The largest absolute Gasteiger partial charge is 0.332 e. The van der Waals surface area contributed by atoms with Crippen molar-refractivity contribution in [2.24, 2.45) is 11.1 Å². The first-order valence-corrected chi connectivity index (χ1v) is 7.55. The molecule has 1 aliphatic carbocycles. The molecule has 0 saturated heterocycles. The van der Waals surface area contributed by atoms with Gasteiger partial charge in [-0.2, -0.15) is 0 Å². The molecule has 1 heterocycles. The van der Waals surface area contributed by atoms with Gasteiger partial charge in [-0.15, -0.1) is 0 Å². The molecule has 1 aliphatic rings. The van der Waals surface area contributed by atoms with Gasteiger partial charge in [0.05, 0.1) is 24.3 Å². The molecule has 2 aromatic rings. The summed E-state index contributed by atoms with van der Waals surface area (Å²) in [5.41, 5.74) is 9.17. The Bertz CT molecular complexity index is 549. The monoisotopic (exact) mass is 269 g/mol. The molecule has 0 bridgehead atoms. The van der Waals surface area contributed by atoms with Crippen molar-refractivity contribution in [3.8, 4) is 0 Å². The van der Waals surface area contributed by atoms with E-state index in [0.717, 1.165) is 17.8 Å². The van der Waals surface area contributed by atoms with Crippen LogP contribution in [-0.4, -0.2) is 9.55 Å². The van der Waals surface area contributed by atoms with Crippen molar-refractivity contribution in [3.63, 3.8) is 0 Å². The lowest BCUT2D eigenvalue weighted by atomic mass is 9.67. The van der Waals surface area contributed by atoms with Gasteiger partial charge in [-0.3, -0.25) is 0 Å². The normalized spacial score (nSPS) is 18.5. The minimum atomic E-state index is -0.0901. The van der Waals surface area contributed by atoms with Crippen LogP contribution in [0.5, 0.6) is 0 Å². The number of imidazole rings is 1. The molecule has 0 aliphatic heterocycles. The van der Waals surface area contributed by atoms with E-state index in [9.17, 15) is 0 Å². The predicted molar refractivity (Wildman–Crippen MR) is 81.3 cm³/mol. The van der Waals surface area contributed by atoms with E-state index in [2.05, 4.69) is 28.6 Å². The fourth-order valence-corrected chi connectivity index (χ4v) is 3.21. The molecule has 0 spiro atoms. The molecular weight excluding hydrogens is 246 g/mol. The first kappa shape index (κ1) is 13.4. The Hall–Kier alpha value is -1.61. The highest BCUT2D eigenvalue weighted by Gasteiger charge is 2.36. The van der Waals surface area contributed by atoms with E-state index in [0.29, 0.717) is 5.41 Å². The van der Waals surface area contributed by atoms with Crippen LogP contribution < -0.4 is 5.73 Å². The maximum absolute atomic E-state index is 6.42. The second-order valence-corrected chi connectivity index (χ2v) is 6.04. The lowest BCUT2D eigenvalue weighted by Gasteiger charge is -2.42. The number of rotatable bonds is 5. The average Bonchev–Trinajstić information content (AvgIpc) is 2.91. The van der Waals surface area contributed by atoms with E-state index in [1.165, 1.54) is 25.7 Å². The summed E-state index contributed by atoms with van der Waals surface area (Å²) in [5, 5.41) is 0. The Kier molecular flexibility index (Phi) is 3.62. The molecule has 1 aromatic carbocycles. The first-order valence-electron chi connectivity index (χ1n) is 7.55. The minimum absolute atomic E-state index is 0.0901. The van der Waals surface area contributed by atoms with E-state index in [1.807, 2.05) is 30.7 Å². The smallest absolute Gasteiger partial charge is 0.0948 e. The molecule has 1 aromatic heterocycles. The number of hydrogen-bond donors (Lipinski definition) is 1. The van der Waals surface area contributed by atoms with Crippen LogP contribution in [0.2, 0.25) is 0 Å². The van der Waals surface area contributed by atoms with Gasteiger partial charge in [-0.05, 0) is 30.2 Å². The maximum atomic E-state index is 6.42. The minimum Gasteiger partial charge on any atom is -0.332 e. The number of nitrogens with two attached hydrogens (primary N) is 1. The third-order valence-electron chi connectivity index (χ3n) is 4.89. The molecule has 3 rings (SSSR count).